The van der Waals surface area contributed by atoms with E-state index in [-0.39, 0.29) is 17.4 Å². The molecule has 1 aromatic heterocycles. The Hall–Kier alpha value is -1.45. The number of rotatable bonds is 2. The average molecular weight is 237 g/mol. The van der Waals surface area contributed by atoms with Gasteiger partial charge in [0.05, 0.1) is 5.69 Å². The highest BCUT2D eigenvalue weighted by molar-refractivity contribution is 5.93. The van der Waals surface area contributed by atoms with Crippen molar-refractivity contribution in [3.8, 4) is 0 Å². The van der Waals surface area contributed by atoms with Gasteiger partial charge >= 0.3 is 0 Å². The Morgan fingerprint density at radius 3 is 2.35 bits per heavy atom. The van der Waals surface area contributed by atoms with Crippen molar-refractivity contribution in [1.29, 1.82) is 0 Å². The first kappa shape index (κ1) is 13.6. The summed E-state index contributed by atoms with van der Waals surface area (Å²) in [4.78, 5) is 14.1. The zero-order chi connectivity index (χ0) is 13.4. The Morgan fingerprint density at radius 1 is 1.47 bits per heavy atom. The minimum absolute atomic E-state index is 0.00613. The third kappa shape index (κ3) is 2.81. The number of hydrogen-bond acceptors (Lipinski definition) is 2. The molecule has 0 saturated carbocycles. The van der Waals surface area contributed by atoms with Crippen molar-refractivity contribution in [2.45, 2.75) is 33.7 Å². The lowest BCUT2D eigenvalue weighted by Gasteiger charge is -2.35. The first-order valence-electron chi connectivity index (χ1n) is 5.83. The summed E-state index contributed by atoms with van der Waals surface area (Å²) in [6, 6.07) is 1.87. The number of nitrogens with two attached hydrogens (primary N) is 1. The monoisotopic (exact) mass is 237 g/mol. The van der Waals surface area contributed by atoms with Crippen molar-refractivity contribution in [3.63, 3.8) is 0 Å². The van der Waals surface area contributed by atoms with E-state index in [0.717, 1.165) is 0 Å². The molecule has 0 spiro atoms. The third-order valence-electron chi connectivity index (χ3n) is 3.40. The standard InChI is InChI=1S/C13H23N3O/c1-9(13(2,3)4)16(6)12(17)11-7-10(14)8-15(11)5/h7-9H,14H2,1-6H3. The molecule has 1 atom stereocenters. The first-order chi connectivity index (χ1) is 7.64. The molecule has 1 amide bonds. The molecule has 1 rings (SSSR count). The fourth-order valence-electron chi connectivity index (χ4n) is 1.74. The fraction of sp³-hybridized carbons (Fsp3) is 0.615. The number of aromatic nitrogens is 1. The van der Waals surface area contributed by atoms with Crippen LogP contribution in [0.3, 0.4) is 0 Å². The van der Waals surface area contributed by atoms with E-state index in [1.54, 1.807) is 21.7 Å². The largest absolute Gasteiger partial charge is 0.397 e. The topological polar surface area (TPSA) is 51.3 Å². The van der Waals surface area contributed by atoms with Crippen LogP contribution in [0.25, 0.3) is 0 Å². The number of hydrogen-bond donors (Lipinski definition) is 1. The van der Waals surface area contributed by atoms with E-state index >= 15 is 0 Å². The Morgan fingerprint density at radius 2 is 2.00 bits per heavy atom. The van der Waals surface area contributed by atoms with Gasteiger partial charge in [0.15, 0.2) is 0 Å². The van der Waals surface area contributed by atoms with Crippen molar-refractivity contribution in [2.75, 3.05) is 12.8 Å². The Balaban J connectivity index is 2.95. The smallest absolute Gasteiger partial charge is 0.270 e. The van der Waals surface area contributed by atoms with Crippen LogP contribution in [0.15, 0.2) is 12.3 Å². The lowest BCUT2D eigenvalue weighted by molar-refractivity contribution is 0.0619. The van der Waals surface area contributed by atoms with E-state index in [4.69, 9.17) is 5.73 Å². The van der Waals surface area contributed by atoms with Crippen LogP contribution in [0.2, 0.25) is 0 Å². The van der Waals surface area contributed by atoms with Gasteiger partial charge in [0.25, 0.3) is 5.91 Å². The van der Waals surface area contributed by atoms with Gasteiger partial charge in [-0.05, 0) is 18.4 Å². The number of nitrogens with zero attached hydrogens (tertiary/aromatic N) is 2. The maximum Gasteiger partial charge on any atom is 0.270 e. The van der Waals surface area contributed by atoms with Gasteiger partial charge in [0.1, 0.15) is 5.69 Å². The molecule has 17 heavy (non-hydrogen) atoms. The molecule has 0 aliphatic heterocycles. The summed E-state index contributed by atoms with van der Waals surface area (Å²) in [5.74, 6) is 0.00613. The number of anilines is 1. The Kier molecular flexibility index (Phi) is 3.55. The van der Waals surface area contributed by atoms with E-state index in [2.05, 4.69) is 27.7 Å². The molecule has 1 unspecified atom stereocenters. The molecule has 0 radical (unpaired) electrons. The molecule has 4 nitrogen and oxygen atoms in total. The number of aryl methyl sites for hydroxylation is 1. The Bertz CT molecular complexity index is 415. The zero-order valence-corrected chi connectivity index (χ0v) is 11.6. The lowest BCUT2D eigenvalue weighted by Crippen LogP contribution is -2.43. The first-order valence-corrected chi connectivity index (χ1v) is 5.83. The number of nitrogen functional groups attached to an aromatic ring is 1. The van der Waals surface area contributed by atoms with Gasteiger partial charge in [0.2, 0.25) is 0 Å². The van der Waals surface area contributed by atoms with Crippen LogP contribution >= 0.6 is 0 Å². The lowest BCUT2D eigenvalue weighted by atomic mass is 9.87. The van der Waals surface area contributed by atoms with E-state index < -0.39 is 0 Å². The van der Waals surface area contributed by atoms with Gasteiger partial charge in [-0.3, -0.25) is 4.79 Å². The average Bonchev–Trinajstić information content (AvgIpc) is 2.53. The molecule has 4 heteroatoms. The second kappa shape index (κ2) is 4.43. The highest BCUT2D eigenvalue weighted by Gasteiger charge is 2.28. The summed E-state index contributed by atoms with van der Waals surface area (Å²) in [5, 5.41) is 0. The summed E-state index contributed by atoms with van der Waals surface area (Å²) < 4.78 is 1.77. The van der Waals surface area contributed by atoms with E-state index in [9.17, 15) is 4.79 Å². The van der Waals surface area contributed by atoms with Crippen LogP contribution in [-0.4, -0.2) is 28.5 Å². The number of carbonyl (C=O) groups is 1. The molecule has 0 aliphatic rings. The van der Waals surface area contributed by atoms with Gasteiger partial charge in [-0.1, -0.05) is 20.8 Å². The summed E-state index contributed by atoms with van der Waals surface area (Å²) in [6.45, 7) is 8.44. The summed E-state index contributed by atoms with van der Waals surface area (Å²) >= 11 is 0. The van der Waals surface area contributed by atoms with Crippen LogP contribution in [0, 0.1) is 5.41 Å². The quantitative estimate of drug-likeness (QED) is 0.856. The van der Waals surface area contributed by atoms with Crippen molar-refractivity contribution in [2.24, 2.45) is 12.5 Å². The van der Waals surface area contributed by atoms with Crippen molar-refractivity contribution in [1.82, 2.24) is 9.47 Å². The van der Waals surface area contributed by atoms with E-state index in [1.807, 2.05) is 14.1 Å². The number of carbonyl (C=O) groups excluding carboxylic acids is 1. The number of amides is 1. The van der Waals surface area contributed by atoms with Gasteiger partial charge in [-0.2, -0.15) is 0 Å². The van der Waals surface area contributed by atoms with E-state index in [0.29, 0.717) is 11.4 Å². The van der Waals surface area contributed by atoms with Crippen LogP contribution in [-0.2, 0) is 7.05 Å². The van der Waals surface area contributed by atoms with Gasteiger partial charge in [-0.25, -0.2) is 0 Å². The molecular weight excluding hydrogens is 214 g/mol. The maximum atomic E-state index is 12.3. The van der Waals surface area contributed by atoms with Crippen molar-refractivity contribution in [3.05, 3.63) is 18.0 Å². The molecule has 0 fully saturated rings. The van der Waals surface area contributed by atoms with Crippen LogP contribution in [0.1, 0.15) is 38.2 Å². The van der Waals surface area contributed by atoms with Crippen LogP contribution in [0.4, 0.5) is 5.69 Å². The summed E-state index contributed by atoms with van der Waals surface area (Å²) in [6.07, 6.45) is 1.75. The molecule has 0 saturated heterocycles. The molecular formula is C13H23N3O. The van der Waals surface area contributed by atoms with E-state index in [1.165, 1.54) is 0 Å². The SMILES string of the molecule is CC(N(C)C(=O)c1cc(N)cn1C)C(C)(C)C. The minimum atomic E-state index is 0.00613. The van der Waals surface area contributed by atoms with Crippen molar-refractivity contribution >= 4 is 11.6 Å². The highest BCUT2D eigenvalue weighted by Crippen LogP contribution is 2.24. The summed E-state index contributed by atoms with van der Waals surface area (Å²) in [7, 11) is 3.67. The second-order valence-electron chi connectivity index (χ2n) is 5.73. The molecule has 0 aromatic carbocycles. The fourth-order valence-corrected chi connectivity index (χ4v) is 1.74. The molecule has 1 heterocycles. The van der Waals surface area contributed by atoms with Crippen LogP contribution < -0.4 is 5.73 Å². The molecule has 0 aliphatic carbocycles. The maximum absolute atomic E-state index is 12.3. The van der Waals surface area contributed by atoms with Gasteiger partial charge in [0, 0.05) is 26.3 Å². The van der Waals surface area contributed by atoms with Crippen molar-refractivity contribution < 1.29 is 4.79 Å². The van der Waals surface area contributed by atoms with Crippen LogP contribution in [0.5, 0.6) is 0 Å². The van der Waals surface area contributed by atoms with Gasteiger partial charge < -0.3 is 15.2 Å². The van der Waals surface area contributed by atoms with Gasteiger partial charge in [-0.15, -0.1) is 0 Å². The normalized spacial score (nSPS) is 13.5. The molecule has 2 N–H and O–H groups in total. The molecule has 1 aromatic rings. The Labute approximate surface area is 103 Å². The molecule has 0 bridgehead atoms. The third-order valence-corrected chi connectivity index (χ3v) is 3.40. The highest BCUT2D eigenvalue weighted by atomic mass is 16.2. The summed E-state index contributed by atoms with van der Waals surface area (Å²) in [5.41, 5.74) is 6.99. The second-order valence-corrected chi connectivity index (χ2v) is 5.73. The predicted octanol–water partition coefficient (Wildman–Crippen LogP) is 2.11. The zero-order valence-electron chi connectivity index (χ0n) is 11.6. The molecule has 96 valence electrons. The predicted molar refractivity (Wildman–Crippen MR) is 70.8 cm³/mol. The minimum Gasteiger partial charge on any atom is -0.397 e.